The van der Waals surface area contributed by atoms with Crippen LogP contribution in [-0.4, -0.2) is 62.4 Å². The van der Waals surface area contributed by atoms with Gasteiger partial charge < -0.3 is 4.90 Å². The van der Waals surface area contributed by atoms with Crippen LogP contribution in [0.25, 0.3) is 11.0 Å². The standard InChI is InChI=1S/C19H27N5O/c1-3-22-11-5-7-17(22)18-8-6-12-23(18)19(25)14-9-10-16-15(13-14)20-21-24(16)4-2/h9-10,13,17-18H,3-8,11-12H2,1-2H3/t17-,18+/m0/s1. The minimum atomic E-state index is 0.151. The molecule has 0 spiro atoms. The van der Waals surface area contributed by atoms with Crippen molar-refractivity contribution in [1.82, 2.24) is 24.8 Å². The van der Waals surface area contributed by atoms with E-state index in [0.29, 0.717) is 12.1 Å². The SMILES string of the molecule is CCN1CCC[C@H]1[C@H]1CCCN1C(=O)c1ccc2c(c1)nnn2CC. The van der Waals surface area contributed by atoms with E-state index in [2.05, 4.69) is 27.0 Å². The molecule has 25 heavy (non-hydrogen) atoms. The maximum absolute atomic E-state index is 13.2. The highest BCUT2D eigenvalue weighted by Crippen LogP contribution is 2.31. The number of amides is 1. The first-order valence-corrected chi connectivity index (χ1v) is 9.61. The van der Waals surface area contributed by atoms with Crippen LogP contribution in [0, 0.1) is 0 Å². The van der Waals surface area contributed by atoms with Crippen LogP contribution in [0.15, 0.2) is 18.2 Å². The lowest BCUT2D eigenvalue weighted by atomic mass is 10.0. The van der Waals surface area contributed by atoms with Crippen molar-refractivity contribution in [2.24, 2.45) is 0 Å². The molecule has 2 aliphatic heterocycles. The van der Waals surface area contributed by atoms with E-state index < -0.39 is 0 Å². The first kappa shape index (κ1) is 16.5. The Kier molecular flexibility index (Phi) is 4.46. The average molecular weight is 341 g/mol. The molecule has 2 aromatic rings. The number of nitrogens with zero attached hydrogens (tertiary/aromatic N) is 5. The molecule has 3 heterocycles. The molecular weight excluding hydrogens is 314 g/mol. The number of likely N-dealkylation sites (N-methyl/N-ethyl adjacent to an activating group) is 1. The minimum Gasteiger partial charge on any atom is -0.334 e. The molecule has 0 unspecified atom stereocenters. The third kappa shape index (κ3) is 2.82. The number of aryl methyl sites for hydroxylation is 1. The van der Waals surface area contributed by atoms with E-state index in [4.69, 9.17) is 0 Å². The molecule has 2 atom stereocenters. The molecule has 1 amide bonds. The Bertz CT molecular complexity index is 770. The second-order valence-corrected chi connectivity index (χ2v) is 7.15. The fraction of sp³-hybridized carbons (Fsp3) is 0.632. The lowest BCUT2D eigenvalue weighted by Crippen LogP contribution is -2.48. The molecule has 6 heteroatoms. The van der Waals surface area contributed by atoms with E-state index in [1.807, 2.05) is 29.8 Å². The first-order chi connectivity index (χ1) is 12.2. The first-order valence-electron chi connectivity index (χ1n) is 9.61. The van der Waals surface area contributed by atoms with Gasteiger partial charge in [0, 0.05) is 30.7 Å². The van der Waals surface area contributed by atoms with Crippen LogP contribution < -0.4 is 0 Å². The van der Waals surface area contributed by atoms with Crippen molar-refractivity contribution in [3.05, 3.63) is 23.8 Å². The van der Waals surface area contributed by atoms with Gasteiger partial charge in [0.1, 0.15) is 5.52 Å². The van der Waals surface area contributed by atoms with E-state index in [9.17, 15) is 4.79 Å². The molecule has 0 radical (unpaired) electrons. The summed E-state index contributed by atoms with van der Waals surface area (Å²) in [5, 5.41) is 8.36. The predicted molar refractivity (Wildman–Crippen MR) is 97.5 cm³/mol. The van der Waals surface area contributed by atoms with Gasteiger partial charge in [-0.25, -0.2) is 4.68 Å². The Morgan fingerprint density at radius 1 is 1.12 bits per heavy atom. The van der Waals surface area contributed by atoms with Gasteiger partial charge in [-0.3, -0.25) is 9.69 Å². The van der Waals surface area contributed by atoms with Crippen LogP contribution in [0.2, 0.25) is 0 Å². The zero-order valence-corrected chi connectivity index (χ0v) is 15.2. The summed E-state index contributed by atoms with van der Waals surface area (Å²) < 4.78 is 1.86. The van der Waals surface area contributed by atoms with Gasteiger partial charge in [0.05, 0.1) is 5.52 Å². The fourth-order valence-electron chi connectivity index (χ4n) is 4.63. The summed E-state index contributed by atoms with van der Waals surface area (Å²) in [6, 6.07) is 6.70. The maximum Gasteiger partial charge on any atom is 0.254 e. The topological polar surface area (TPSA) is 54.3 Å². The Hall–Kier alpha value is -1.95. The zero-order valence-electron chi connectivity index (χ0n) is 15.2. The largest absolute Gasteiger partial charge is 0.334 e. The smallest absolute Gasteiger partial charge is 0.254 e. The normalized spacial score (nSPS) is 24.5. The van der Waals surface area contributed by atoms with Gasteiger partial charge in [-0.05, 0) is 63.9 Å². The van der Waals surface area contributed by atoms with Crippen molar-refractivity contribution >= 4 is 16.9 Å². The van der Waals surface area contributed by atoms with E-state index in [1.165, 1.54) is 19.4 Å². The lowest BCUT2D eigenvalue weighted by Gasteiger charge is -2.34. The minimum absolute atomic E-state index is 0.151. The number of carbonyl (C=O) groups is 1. The highest BCUT2D eigenvalue weighted by Gasteiger charge is 2.39. The molecule has 4 rings (SSSR count). The number of hydrogen-bond donors (Lipinski definition) is 0. The van der Waals surface area contributed by atoms with Crippen molar-refractivity contribution in [2.75, 3.05) is 19.6 Å². The summed E-state index contributed by atoms with van der Waals surface area (Å²) in [4.78, 5) is 17.8. The second-order valence-electron chi connectivity index (χ2n) is 7.15. The summed E-state index contributed by atoms with van der Waals surface area (Å²) >= 11 is 0. The van der Waals surface area contributed by atoms with Crippen molar-refractivity contribution < 1.29 is 4.79 Å². The molecule has 0 aliphatic carbocycles. The summed E-state index contributed by atoms with van der Waals surface area (Å²) in [5.41, 5.74) is 2.54. The molecule has 1 aromatic heterocycles. The Morgan fingerprint density at radius 3 is 2.72 bits per heavy atom. The van der Waals surface area contributed by atoms with Crippen molar-refractivity contribution in [3.63, 3.8) is 0 Å². The van der Waals surface area contributed by atoms with Crippen LogP contribution in [0.1, 0.15) is 49.9 Å². The molecular formula is C19H27N5O. The molecule has 134 valence electrons. The summed E-state index contributed by atoms with van der Waals surface area (Å²) in [5.74, 6) is 0.151. The molecule has 0 bridgehead atoms. The highest BCUT2D eigenvalue weighted by molar-refractivity contribution is 5.97. The Labute approximate surface area is 148 Å². The van der Waals surface area contributed by atoms with Crippen molar-refractivity contribution in [1.29, 1.82) is 0 Å². The monoisotopic (exact) mass is 341 g/mol. The van der Waals surface area contributed by atoms with Crippen molar-refractivity contribution in [2.45, 2.75) is 58.2 Å². The number of benzene rings is 1. The number of fused-ring (bicyclic) bond motifs is 1. The Morgan fingerprint density at radius 2 is 1.92 bits per heavy atom. The highest BCUT2D eigenvalue weighted by atomic mass is 16.2. The van der Waals surface area contributed by atoms with Crippen LogP contribution in [0.5, 0.6) is 0 Å². The molecule has 1 aromatic carbocycles. The van der Waals surface area contributed by atoms with Crippen LogP contribution in [0.4, 0.5) is 0 Å². The van der Waals surface area contributed by atoms with E-state index >= 15 is 0 Å². The zero-order chi connectivity index (χ0) is 17.4. The molecule has 2 saturated heterocycles. The molecule has 6 nitrogen and oxygen atoms in total. The number of carbonyl (C=O) groups excluding carboxylic acids is 1. The van der Waals surface area contributed by atoms with Crippen LogP contribution >= 0.6 is 0 Å². The number of rotatable bonds is 4. The van der Waals surface area contributed by atoms with E-state index in [-0.39, 0.29) is 5.91 Å². The van der Waals surface area contributed by atoms with Crippen molar-refractivity contribution in [3.8, 4) is 0 Å². The number of likely N-dealkylation sites (tertiary alicyclic amines) is 2. The third-order valence-electron chi connectivity index (χ3n) is 5.89. The summed E-state index contributed by atoms with van der Waals surface area (Å²) in [6.07, 6.45) is 4.70. The molecule has 2 fully saturated rings. The maximum atomic E-state index is 13.2. The van der Waals surface area contributed by atoms with E-state index in [0.717, 1.165) is 49.1 Å². The lowest BCUT2D eigenvalue weighted by molar-refractivity contribution is 0.0650. The fourth-order valence-corrected chi connectivity index (χ4v) is 4.63. The second kappa shape index (κ2) is 6.75. The van der Waals surface area contributed by atoms with Gasteiger partial charge in [0.2, 0.25) is 0 Å². The summed E-state index contributed by atoms with van der Waals surface area (Å²) in [6.45, 7) is 8.18. The molecule has 0 saturated carbocycles. The third-order valence-corrected chi connectivity index (χ3v) is 5.89. The molecule has 0 N–H and O–H groups in total. The number of hydrogen-bond acceptors (Lipinski definition) is 4. The van der Waals surface area contributed by atoms with Gasteiger partial charge in [0.25, 0.3) is 5.91 Å². The van der Waals surface area contributed by atoms with Crippen LogP contribution in [-0.2, 0) is 6.54 Å². The van der Waals surface area contributed by atoms with Gasteiger partial charge >= 0.3 is 0 Å². The van der Waals surface area contributed by atoms with Gasteiger partial charge in [-0.1, -0.05) is 12.1 Å². The summed E-state index contributed by atoms with van der Waals surface area (Å²) in [7, 11) is 0. The van der Waals surface area contributed by atoms with E-state index in [1.54, 1.807) is 0 Å². The quantitative estimate of drug-likeness (QED) is 0.857. The van der Waals surface area contributed by atoms with Gasteiger partial charge in [-0.15, -0.1) is 5.10 Å². The van der Waals surface area contributed by atoms with Crippen LogP contribution in [0.3, 0.4) is 0 Å². The predicted octanol–water partition coefficient (Wildman–Crippen LogP) is 2.54. The van der Waals surface area contributed by atoms with Gasteiger partial charge in [0.15, 0.2) is 0 Å². The van der Waals surface area contributed by atoms with Gasteiger partial charge in [-0.2, -0.15) is 0 Å². The molecule has 2 aliphatic rings. The Balaban J connectivity index is 1.59. The average Bonchev–Trinajstić information content (AvgIpc) is 3.37. The number of aromatic nitrogens is 3.